The third kappa shape index (κ3) is 3.70. The van der Waals surface area contributed by atoms with Gasteiger partial charge in [-0.3, -0.25) is 0 Å². The molecule has 116 valence electrons. The zero-order valence-corrected chi connectivity index (χ0v) is 12.6. The summed E-state index contributed by atoms with van der Waals surface area (Å²) >= 11 is 0. The van der Waals surface area contributed by atoms with Gasteiger partial charge in [-0.1, -0.05) is 36.4 Å². The minimum atomic E-state index is -0.115. The fourth-order valence-electron chi connectivity index (χ4n) is 3.13. The molecule has 1 fully saturated rings. The Morgan fingerprint density at radius 3 is 1.36 bits per heavy atom. The van der Waals surface area contributed by atoms with Crippen LogP contribution in [0.1, 0.15) is 11.1 Å². The highest BCUT2D eigenvalue weighted by atomic mass is 19.1. The van der Waals surface area contributed by atoms with Crippen molar-refractivity contribution in [2.24, 2.45) is 0 Å². The highest BCUT2D eigenvalue weighted by molar-refractivity contribution is 5.16. The number of halogens is 2. The van der Waals surface area contributed by atoms with Crippen LogP contribution in [0.2, 0.25) is 0 Å². The molecule has 3 rings (SSSR count). The van der Waals surface area contributed by atoms with Crippen LogP contribution in [-0.4, -0.2) is 26.2 Å². The summed E-state index contributed by atoms with van der Waals surface area (Å²) in [4.78, 5) is 2.81. The fraction of sp³-hybridized carbons (Fsp3) is 0.333. The molecule has 1 saturated heterocycles. The molecule has 0 aromatic heterocycles. The predicted molar refractivity (Wildman–Crippen MR) is 81.6 cm³/mol. The van der Waals surface area contributed by atoms with Crippen LogP contribution in [0.15, 0.2) is 48.5 Å². The Morgan fingerprint density at radius 2 is 1.00 bits per heavy atom. The van der Waals surface area contributed by atoms with E-state index in [1.165, 1.54) is 21.9 Å². The number of hydrogen-bond donors (Lipinski definition) is 2. The van der Waals surface area contributed by atoms with E-state index >= 15 is 0 Å². The second-order valence-corrected chi connectivity index (χ2v) is 6.04. The average molecular weight is 304 g/mol. The van der Waals surface area contributed by atoms with E-state index in [-0.39, 0.29) is 11.6 Å². The van der Waals surface area contributed by atoms with Crippen LogP contribution in [0.5, 0.6) is 0 Å². The summed E-state index contributed by atoms with van der Waals surface area (Å²) < 4.78 is 27.4. The molecule has 0 radical (unpaired) electrons. The standard InChI is InChI=1S/C18H20F2N2/c19-17-7-3-1-5-15(17)13-21-9-11-22(12-10-21)14-16-6-2-4-8-18(16)20/h1-8H,9-14H2/p+2. The van der Waals surface area contributed by atoms with Gasteiger partial charge in [0.2, 0.25) is 0 Å². The van der Waals surface area contributed by atoms with Crippen molar-refractivity contribution in [3.05, 3.63) is 71.3 Å². The van der Waals surface area contributed by atoms with Gasteiger partial charge >= 0.3 is 0 Å². The molecule has 0 aliphatic carbocycles. The van der Waals surface area contributed by atoms with Gasteiger partial charge in [0.25, 0.3) is 0 Å². The van der Waals surface area contributed by atoms with Gasteiger partial charge in [0, 0.05) is 11.1 Å². The second kappa shape index (κ2) is 6.99. The van der Waals surface area contributed by atoms with E-state index in [2.05, 4.69) is 0 Å². The van der Waals surface area contributed by atoms with Crippen molar-refractivity contribution in [2.45, 2.75) is 13.1 Å². The van der Waals surface area contributed by atoms with Crippen molar-refractivity contribution >= 4 is 0 Å². The molecule has 0 unspecified atom stereocenters. The van der Waals surface area contributed by atoms with E-state index in [9.17, 15) is 8.78 Å². The smallest absolute Gasteiger partial charge is 0.132 e. The van der Waals surface area contributed by atoms with E-state index < -0.39 is 0 Å². The normalized spacial score (nSPS) is 21.7. The first-order chi connectivity index (χ1) is 10.7. The summed E-state index contributed by atoms with van der Waals surface area (Å²) in [6, 6.07) is 14.0. The van der Waals surface area contributed by atoms with Crippen molar-refractivity contribution in [1.82, 2.24) is 0 Å². The number of piperazine rings is 1. The zero-order valence-electron chi connectivity index (χ0n) is 12.6. The lowest BCUT2D eigenvalue weighted by Crippen LogP contribution is -3.27. The zero-order chi connectivity index (χ0) is 15.4. The van der Waals surface area contributed by atoms with Gasteiger partial charge < -0.3 is 9.80 Å². The average Bonchev–Trinajstić information content (AvgIpc) is 2.54. The van der Waals surface area contributed by atoms with Gasteiger partial charge in [0.1, 0.15) is 50.9 Å². The van der Waals surface area contributed by atoms with Gasteiger partial charge in [-0.25, -0.2) is 8.78 Å². The molecule has 1 heterocycles. The molecule has 22 heavy (non-hydrogen) atoms. The summed E-state index contributed by atoms with van der Waals surface area (Å²) in [6.45, 7) is 5.46. The van der Waals surface area contributed by atoms with Gasteiger partial charge in [0.15, 0.2) is 0 Å². The first-order valence-corrected chi connectivity index (χ1v) is 7.86. The van der Waals surface area contributed by atoms with Crippen LogP contribution < -0.4 is 9.80 Å². The number of benzene rings is 2. The third-order valence-electron chi connectivity index (χ3n) is 4.46. The van der Waals surface area contributed by atoms with Crippen LogP contribution in [0.4, 0.5) is 8.78 Å². The molecule has 0 amide bonds. The minimum absolute atomic E-state index is 0.115. The highest BCUT2D eigenvalue weighted by Gasteiger charge is 2.24. The first-order valence-electron chi connectivity index (χ1n) is 7.86. The van der Waals surface area contributed by atoms with Crippen LogP contribution in [0, 0.1) is 11.6 Å². The molecule has 2 aromatic carbocycles. The third-order valence-corrected chi connectivity index (χ3v) is 4.46. The molecular formula is C18H22F2N2+2. The fourth-order valence-corrected chi connectivity index (χ4v) is 3.13. The molecule has 0 atom stereocenters. The summed E-state index contributed by atoms with van der Waals surface area (Å²) in [7, 11) is 0. The van der Waals surface area contributed by atoms with Crippen molar-refractivity contribution in [2.75, 3.05) is 26.2 Å². The van der Waals surface area contributed by atoms with Crippen molar-refractivity contribution in [1.29, 1.82) is 0 Å². The lowest BCUT2D eigenvalue weighted by atomic mass is 10.1. The van der Waals surface area contributed by atoms with Crippen molar-refractivity contribution in [3.8, 4) is 0 Å². The van der Waals surface area contributed by atoms with E-state index in [1.54, 1.807) is 12.1 Å². The van der Waals surface area contributed by atoms with Crippen molar-refractivity contribution < 1.29 is 18.6 Å². The Hall–Kier alpha value is -1.78. The first kappa shape index (κ1) is 15.1. The maximum Gasteiger partial charge on any atom is 0.132 e. The summed E-state index contributed by atoms with van der Waals surface area (Å²) in [5.74, 6) is -0.229. The maximum absolute atomic E-state index is 13.7. The van der Waals surface area contributed by atoms with E-state index in [0.717, 1.165) is 50.4 Å². The largest absolute Gasteiger partial charge is 0.322 e. The Balaban J connectivity index is 1.52. The molecule has 2 N–H and O–H groups in total. The number of rotatable bonds is 4. The van der Waals surface area contributed by atoms with Crippen LogP contribution in [0.25, 0.3) is 0 Å². The van der Waals surface area contributed by atoms with E-state index in [0.29, 0.717) is 0 Å². The predicted octanol–water partition coefficient (Wildman–Crippen LogP) is 0.448. The molecule has 2 aromatic rings. The van der Waals surface area contributed by atoms with Crippen LogP contribution >= 0.6 is 0 Å². The SMILES string of the molecule is Fc1ccccc1C[NH+]1CC[NH+](Cc2ccccc2F)CC1. The molecule has 1 aliphatic rings. The lowest BCUT2D eigenvalue weighted by Gasteiger charge is -2.30. The Labute approximate surface area is 130 Å². The molecule has 4 heteroatoms. The summed E-state index contributed by atoms with van der Waals surface area (Å²) in [6.07, 6.45) is 0. The number of quaternary nitrogens is 2. The summed E-state index contributed by atoms with van der Waals surface area (Å²) in [5, 5.41) is 0. The topological polar surface area (TPSA) is 8.88 Å². The Kier molecular flexibility index (Phi) is 4.80. The molecule has 2 nitrogen and oxygen atoms in total. The highest BCUT2D eigenvalue weighted by Crippen LogP contribution is 2.05. The van der Waals surface area contributed by atoms with Gasteiger partial charge in [-0.15, -0.1) is 0 Å². The summed E-state index contributed by atoms with van der Waals surface area (Å²) in [5.41, 5.74) is 1.57. The van der Waals surface area contributed by atoms with E-state index in [1.807, 2.05) is 24.3 Å². The Bertz CT molecular complexity index is 566. The Morgan fingerprint density at radius 1 is 0.636 bits per heavy atom. The van der Waals surface area contributed by atoms with Gasteiger partial charge in [-0.05, 0) is 12.1 Å². The monoisotopic (exact) mass is 304 g/mol. The van der Waals surface area contributed by atoms with Crippen molar-refractivity contribution in [3.63, 3.8) is 0 Å². The minimum Gasteiger partial charge on any atom is -0.322 e. The van der Waals surface area contributed by atoms with Gasteiger partial charge in [-0.2, -0.15) is 0 Å². The molecular weight excluding hydrogens is 282 g/mol. The molecule has 0 saturated carbocycles. The van der Waals surface area contributed by atoms with Crippen LogP contribution in [0.3, 0.4) is 0 Å². The van der Waals surface area contributed by atoms with Gasteiger partial charge in [0.05, 0.1) is 0 Å². The number of nitrogens with one attached hydrogen (secondary N) is 2. The van der Waals surface area contributed by atoms with E-state index in [4.69, 9.17) is 0 Å². The second-order valence-electron chi connectivity index (χ2n) is 6.04. The maximum atomic E-state index is 13.7. The number of hydrogen-bond acceptors (Lipinski definition) is 0. The molecule has 0 spiro atoms. The molecule has 0 bridgehead atoms. The lowest BCUT2D eigenvalue weighted by molar-refractivity contribution is -1.02. The molecule has 1 aliphatic heterocycles. The van der Waals surface area contributed by atoms with Crippen LogP contribution in [-0.2, 0) is 13.1 Å². The quantitative estimate of drug-likeness (QED) is 0.812.